The monoisotopic (exact) mass is 500 g/mol. The summed E-state index contributed by atoms with van der Waals surface area (Å²) in [6.07, 6.45) is 0. The highest BCUT2D eigenvalue weighted by Gasteiger charge is 2.33. The average Bonchev–Trinajstić information content (AvgIpc) is 2.89. The van der Waals surface area contributed by atoms with E-state index < -0.39 is 0 Å². The zero-order chi connectivity index (χ0) is 24.6. The normalized spacial score (nSPS) is 13.6. The highest BCUT2D eigenvalue weighted by molar-refractivity contribution is 8.05. The van der Waals surface area contributed by atoms with Crippen LogP contribution in [-0.2, 0) is 5.41 Å². The Morgan fingerprint density at radius 2 is 1.14 bits per heavy atom. The summed E-state index contributed by atoms with van der Waals surface area (Å²) in [5.41, 5.74) is 4.12. The van der Waals surface area contributed by atoms with Crippen LogP contribution >= 0.6 is 23.5 Å². The first-order chi connectivity index (χ1) is 17.4. The maximum atomic E-state index is 2.41. The van der Waals surface area contributed by atoms with E-state index in [1.165, 1.54) is 68.6 Å². The fourth-order valence-electron chi connectivity index (χ4n) is 6.00. The molecule has 0 radical (unpaired) electrons. The third-order valence-electron chi connectivity index (χ3n) is 7.91. The molecule has 176 valence electrons. The molecule has 6 aromatic carbocycles. The van der Waals surface area contributed by atoms with Gasteiger partial charge in [0.25, 0.3) is 0 Å². The van der Waals surface area contributed by atoms with Gasteiger partial charge in [-0.25, -0.2) is 0 Å². The molecular weight excluding hydrogens is 473 g/mol. The molecule has 0 fully saturated rings. The molecule has 0 amide bonds. The molecule has 7 rings (SSSR count). The van der Waals surface area contributed by atoms with Gasteiger partial charge in [-0.15, -0.1) is 0 Å². The Balaban J connectivity index is 1.49. The molecule has 2 heteroatoms. The van der Waals surface area contributed by atoms with Crippen LogP contribution in [0.25, 0.3) is 32.3 Å². The zero-order valence-corrected chi connectivity index (χ0v) is 22.7. The van der Waals surface area contributed by atoms with Crippen LogP contribution in [0.2, 0.25) is 0 Å². The lowest BCUT2D eigenvalue weighted by atomic mass is 9.74. The summed E-state index contributed by atoms with van der Waals surface area (Å²) in [6.45, 7) is 9.45. The van der Waals surface area contributed by atoms with Crippen molar-refractivity contribution in [1.29, 1.82) is 0 Å². The Bertz CT molecular complexity index is 1780. The predicted molar refractivity (Wildman–Crippen MR) is 157 cm³/mol. The molecule has 0 unspecified atom stereocenters. The minimum atomic E-state index is -0.151. The van der Waals surface area contributed by atoms with Gasteiger partial charge in [0.05, 0.1) is 0 Å². The van der Waals surface area contributed by atoms with Crippen molar-refractivity contribution in [3.05, 3.63) is 108 Å². The van der Waals surface area contributed by atoms with Gasteiger partial charge in [0, 0.05) is 25.0 Å². The van der Waals surface area contributed by atoms with Gasteiger partial charge < -0.3 is 0 Å². The Morgan fingerprint density at radius 3 is 1.83 bits per heavy atom. The fourth-order valence-corrected chi connectivity index (χ4v) is 8.83. The second-order valence-corrected chi connectivity index (χ2v) is 12.9. The van der Waals surface area contributed by atoms with Crippen molar-refractivity contribution < 1.29 is 0 Å². The quantitative estimate of drug-likeness (QED) is 0.221. The van der Waals surface area contributed by atoms with E-state index in [1.807, 2.05) is 23.5 Å². The van der Waals surface area contributed by atoms with Gasteiger partial charge in [-0.05, 0) is 67.1 Å². The third kappa shape index (κ3) is 3.17. The smallest absolute Gasteiger partial charge is 0.0306 e. The molecule has 1 aliphatic heterocycles. The largest absolute Gasteiger partial charge is 0.0874 e. The summed E-state index contributed by atoms with van der Waals surface area (Å²) >= 11 is 3.91. The molecule has 1 heterocycles. The van der Waals surface area contributed by atoms with Crippen LogP contribution < -0.4 is 0 Å². The van der Waals surface area contributed by atoms with Gasteiger partial charge in [-0.3, -0.25) is 0 Å². The second kappa shape index (κ2) is 8.03. The molecule has 0 saturated heterocycles. The summed E-state index contributed by atoms with van der Waals surface area (Å²) in [6, 6.07) is 34.2. The van der Waals surface area contributed by atoms with Crippen molar-refractivity contribution in [1.82, 2.24) is 0 Å². The van der Waals surface area contributed by atoms with Gasteiger partial charge >= 0.3 is 0 Å². The molecule has 36 heavy (non-hydrogen) atoms. The van der Waals surface area contributed by atoms with E-state index in [1.54, 1.807) is 0 Å². The Labute approximate surface area is 221 Å². The molecule has 0 saturated carbocycles. The Morgan fingerprint density at radius 1 is 0.556 bits per heavy atom. The van der Waals surface area contributed by atoms with E-state index in [-0.39, 0.29) is 5.41 Å². The lowest BCUT2D eigenvalue weighted by molar-refractivity contribution is 0.625. The minimum Gasteiger partial charge on any atom is -0.0874 e. The van der Waals surface area contributed by atoms with Crippen molar-refractivity contribution in [2.45, 2.75) is 58.6 Å². The van der Waals surface area contributed by atoms with Crippen molar-refractivity contribution in [3.63, 3.8) is 0 Å². The lowest BCUT2D eigenvalue weighted by Gasteiger charge is -2.34. The predicted octanol–water partition coefficient (Wildman–Crippen LogP) is 10.6. The molecule has 0 nitrogen and oxygen atoms in total. The van der Waals surface area contributed by atoms with Gasteiger partial charge in [0.1, 0.15) is 0 Å². The first-order valence-electron chi connectivity index (χ1n) is 12.7. The van der Waals surface area contributed by atoms with Crippen LogP contribution in [-0.4, -0.2) is 0 Å². The average molecular weight is 501 g/mol. The van der Waals surface area contributed by atoms with Crippen LogP contribution in [0.15, 0.2) is 111 Å². The van der Waals surface area contributed by atoms with Crippen molar-refractivity contribution >= 4 is 55.8 Å². The maximum absolute atomic E-state index is 2.41. The summed E-state index contributed by atoms with van der Waals surface area (Å²) < 4.78 is 0. The van der Waals surface area contributed by atoms with Gasteiger partial charge in [-0.2, -0.15) is 0 Å². The molecule has 0 N–H and O–H groups in total. The topological polar surface area (TPSA) is 0 Å². The highest BCUT2D eigenvalue weighted by Crippen LogP contribution is 2.55. The van der Waals surface area contributed by atoms with Crippen molar-refractivity contribution in [2.24, 2.45) is 0 Å². The fraction of sp³-hybridized carbons (Fsp3) is 0.176. The van der Waals surface area contributed by atoms with Crippen LogP contribution in [0.4, 0.5) is 0 Å². The molecule has 0 atom stereocenters. The number of rotatable bonds is 3. The summed E-state index contributed by atoms with van der Waals surface area (Å²) in [5, 5.41) is 8.13. The van der Waals surface area contributed by atoms with Gasteiger partial charge in [0.15, 0.2) is 0 Å². The summed E-state index contributed by atoms with van der Waals surface area (Å²) in [4.78, 5) is 5.61. The van der Waals surface area contributed by atoms with Crippen LogP contribution in [0.3, 0.4) is 0 Å². The van der Waals surface area contributed by atoms with E-state index in [0.717, 1.165) is 0 Å². The minimum absolute atomic E-state index is 0.151. The molecule has 0 spiro atoms. The first-order valence-corrected chi connectivity index (χ1v) is 14.4. The molecule has 6 aromatic rings. The zero-order valence-electron chi connectivity index (χ0n) is 21.1. The van der Waals surface area contributed by atoms with E-state index >= 15 is 0 Å². The SMILES string of the molecule is CC(C)c1ccc(C(C)(C)c2ccc3ccc4cccc5ccc2c3c45)c2c1Sc1ccccc1S2. The van der Waals surface area contributed by atoms with Crippen LogP contribution in [0.5, 0.6) is 0 Å². The number of fused-ring (bicyclic) bond motifs is 2. The summed E-state index contributed by atoms with van der Waals surface area (Å²) in [7, 11) is 0. The van der Waals surface area contributed by atoms with Gasteiger partial charge in [-0.1, -0.05) is 130 Å². The Kier molecular flexibility index (Phi) is 4.97. The van der Waals surface area contributed by atoms with Gasteiger partial charge in [0.2, 0.25) is 0 Å². The van der Waals surface area contributed by atoms with Crippen LogP contribution in [0.1, 0.15) is 50.3 Å². The van der Waals surface area contributed by atoms with E-state index in [2.05, 4.69) is 119 Å². The van der Waals surface area contributed by atoms with Crippen LogP contribution in [0, 0.1) is 0 Å². The summed E-state index contributed by atoms with van der Waals surface area (Å²) in [5.74, 6) is 0.490. The standard InChI is InChI=1S/C34H28S2/c1-20(2)24-17-19-27(33-32(24)35-28-10-5-6-11-29(28)36-33)34(3,4)26-18-15-23-13-12-21-8-7-9-22-14-16-25(26)31(23)30(21)22/h5-20H,1-4H3. The second-order valence-electron chi connectivity index (χ2n) is 10.8. The molecular formula is C34H28S2. The van der Waals surface area contributed by atoms with E-state index in [4.69, 9.17) is 0 Å². The Hall–Kier alpha value is -2.94. The lowest BCUT2D eigenvalue weighted by Crippen LogP contribution is -2.21. The highest BCUT2D eigenvalue weighted by atomic mass is 32.2. The van der Waals surface area contributed by atoms with Crippen molar-refractivity contribution in [2.75, 3.05) is 0 Å². The maximum Gasteiger partial charge on any atom is 0.0306 e. The molecule has 0 bridgehead atoms. The number of hydrogen-bond donors (Lipinski definition) is 0. The van der Waals surface area contributed by atoms with E-state index in [9.17, 15) is 0 Å². The molecule has 0 aliphatic carbocycles. The first kappa shape index (κ1) is 22.3. The number of benzene rings is 6. The molecule has 1 aliphatic rings. The number of hydrogen-bond acceptors (Lipinski definition) is 2. The third-order valence-corrected chi connectivity index (χ3v) is 10.6. The molecule has 0 aromatic heterocycles. The van der Waals surface area contributed by atoms with E-state index in [0.29, 0.717) is 5.92 Å². The van der Waals surface area contributed by atoms with Crippen molar-refractivity contribution in [3.8, 4) is 0 Å².